The van der Waals surface area contributed by atoms with Crippen LogP contribution in [0.15, 0.2) is 41.3 Å². The van der Waals surface area contributed by atoms with Crippen molar-refractivity contribution in [3.05, 3.63) is 52.5 Å². The number of carbonyl (C=O) groups excluding carboxylic acids is 1. The van der Waals surface area contributed by atoms with Crippen LogP contribution in [0.25, 0.3) is 0 Å². The normalized spacial score (nSPS) is 17.1. The SMILES string of the molecule is Cc1cc(OCC(=O)N2CCCc3cc(S(=O)(=O)N4CCCC4)ccc32)ccc1Cl. The Morgan fingerprint density at radius 2 is 1.83 bits per heavy atom. The van der Waals surface area contributed by atoms with E-state index >= 15 is 0 Å². The van der Waals surface area contributed by atoms with E-state index < -0.39 is 10.0 Å². The molecule has 30 heavy (non-hydrogen) atoms. The summed E-state index contributed by atoms with van der Waals surface area (Å²) in [5, 5.41) is 0.651. The predicted molar refractivity (Wildman–Crippen MR) is 117 cm³/mol. The molecule has 160 valence electrons. The largest absolute Gasteiger partial charge is 0.484 e. The number of hydrogen-bond acceptors (Lipinski definition) is 4. The van der Waals surface area contributed by atoms with Crippen molar-refractivity contribution in [3.63, 3.8) is 0 Å². The lowest BCUT2D eigenvalue weighted by atomic mass is 10.0. The monoisotopic (exact) mass is 448 g/mol. The average Bonchev–Trinajstić information content (AvgIpc) is 3.29. The van der Waals surface area contributed by atoms with E-state index in [2.05, 4.69) is 0 Å². The minimum atomic E-state index is -3.47. The summed E-state index contributed by atoms with van der Waals surface area (Å²) in [4.78, 5) is 14.8. The zero-order chi connectivity index (χ0) is 21.3. The zero-order valence-corrected chi connectivity index (χ0v) is 18.5. The van der Waals surface area contributed by atoms with Gasteiger partial charge < -0.3 is 9.64 Å². The van der Waals surface area contributed by atoms with Crippen molar-refractivity contribution in [3.8, 4) is 5.75 Å². The van der Waals surface area contributed by atoms with Crippen LogP contribution in [0.3, 0.4) is 0 Å². The third-order valence-corrected chi connectivity index (χ3v) is 7.98. The van der Waals surface area contributed by atoms with Crippen molar-refractivity contribution in [2.24, 2.45) is 0 Å². The molecule has 0 N–H and O–H groups in total. The first-order chi connectivity index (χ1) is 14.4. The van der Waals surface area contributed by atoms with Crippen LogP contribution in [0.4, 0.5) is 5.69 Å². The summed E-state index contributed by atoms with van der Waals surface area (Å²) < 4.78 is 32.9. The number of sulfonamides is 1. The summed E-state index contributed by atoms with van der Waals surface area (Å²) in [6.45, 7) is 3.53. The van der Waals surface area contributed by atoms with E-state index in [9.17, 15) is 13.2 Å². The van der Waals surface area contributed by atoms with Crippen molar-refractivity contribution in [1.29, 1.82) is 0 Å². The summed E-state index contributed by atoms with van der Waals surface area (Å²) in [5.74, 6) is 0.438. The van der Waals surface area contributed by atoms with Crippen molar-refractivity contribution in [1.82, 2.24) is 4.31 Å². The maximum absolute atomic E-state index is 12.9. The fourth-order valence-electron chi connectivity index (χ4n) is 4.00. The zero-order valence-electron chi connectivity index (χ0n) is 16.9. The smallest absolute Gasteiger partial charge is 0.264 e. The molecule has 0 bridgehead atoms. The van der Waals surface area contributed by atoms with Gasteiger partial charge in [0.05, 0.1) is 4.90 Å². The highest BCUT2D eigenvalue weighted by Crippen LogP contribution is 2.31. The lowest BCUT2D eigenvalue weighted by Crippen LogP contribution is -2.38. The first-order valence-corrected chi connectivity index (χ1v) is 12.0. The van der Waals surface area contributed by atoms with Gasteiger partial charge in [0.15, 0.2) is 6.61 Å². The molecule has 2 aliphatic heterocycles. The number of fused-ring (bicyclic) bond motifs is 1. The molecule has 6 nitrogen and oxygen atoms in total. The number of halogens is 1. The molecular formula is C22H25ClN2O4S. The third-order valence-electron chi connectivity index (χ3n) is 5.67. The van der Waals surface area contributed by atoms with E-state index in [0.29, 0.717) is 35.3 Å². The Labute approximate surface area is 182 Å². The van der Waals surface area contributed by atoms with Gasteiger partial charge in [-0.25, -0.2) is 8.42 Å². The summed E-state index contributed by atoms with van der Waals surface area (Å²) >= 11 is 6.03. The molecule has 1 saturated heterocycles. The van der Waals surface area contributed by atoms with Gasteiger partial charge >= 0.3 is 0 Å². The van der Waals surface area contributed by atoms with Gasteiger partial charge in [-0.3, -0.25) is 4.79 Å². The van der Waals surface area contributed by atoms with Crippen LogP contribution in [0.1, 0.15) is 30.4 Å². The Balaban J connectivity index is 1.50. The van der Waals surface area contributed by atoms with Crippen LogP contribution in [0.2, 0.25) is 5.02 Å². The number of hydrogen-bond donors (Lipinski definition) is 0. The second-order valence-electron chi connectivity index (χ2n) is 7.75. The van der Waals surface area contributed by atoms with Gasteiger partial charge in [-0.05, 0) is 80.1 Å². The highest BCUT2D eigenvalue weighted by molar-refractivity contribution is 7.89. The van der Waals surface area contributed by atoms with Gasteiger partial charge in [0.1, 0.15) is 5.75 Å². The lowest BCUT2D eigenvalue weighted by molar-refractivity contribution is -0.120. The highest BCUT2D eigenvalue weighted by Gasteiger charge is 2.29. The number of carbonyl (C=O) groups is 1. The molecule has 0 spiro atoms. The Morgan fingerprint density at radius 3 is 2.57 bits per heavy atom. The number of nitrogens with zero attached hydrogens (tertiary/aromatic N) is 2. The third kappa shape index (κ3) is 4.19. The number of amides is 1. The van der Waals surface area contributed by atoms with Gasteiger partial charge in [-0.2, -0.15) is 4.31 Å². The molecule has 2 aromatic rings. The molecular weight excluding hydrogens is 424 g/mol. The summed E-state index contributed by atoms with van der Waals surface area (Å²) in [6.07, 6.45) is 3.34. The standard InChI is InChI=1S/C22H25ClN2O4S/c1-16-13-18(6-8-20(16)23)29-15-22(26)25-12-4-5-17-14-19(7-9-21(17)25)30(27,28)24-10-2-3-11-24/h6-9,13-14H,2-5,10-12,15H2,1H3. The van der Waals surface area contributed by atoms with E-state index in [1.165, 1.54) is 0 Å². The number of benzene rings is 2. The highest BCUT2D eigenvalue weighted by atomic mass is 35.5. The van der Waals surface area contributed by atoms with E-state index in [-0.39, 0.29) is 12.5 Å². The quantitative estimate of drug-likeness (QED) is 0.697. The fourth-order valence-corrected chi connectivity index (χ4v) is 5.69. The fraction of sp³-hybridized carbons (Fsp3) is 0.409. The van der Waals surface area contributed by atoms with E-state index in [1.54, 1.807) is 45.6 Å². The Bertz CT molecular complexity index is 1060. The maximum atomic E-state index is 12.9. The average molecular weight is 449 g/mol. The van der Waals surface area contributed by atoms with Crippen molar-refractivity contribution < 1.29 is 17.9 Å². The Hall–Kier alpha value is -2.09. The summed E-state index contributed by atoms with van der Waals surface area (Å²) in [7, 11) is -3.47. The number of rotatable bonds is 5. The maximum Gasteiger partial charge on any atom is 0.264 e. The van der Waals surface area contributed by atoms with Gasteiger partial charge in [0.2, 0.25) is 10.0 Å². The lowest BCUT2D eigenvalue weighted by Gasteiger charge is -2.30. The van der Waals surface area contributed by atoms with Gasteiger partial charge in [0.25, 0.3) is 5.91 Å². The summed E-state index contributed by atoms with van der Waals surface area (Å²) in [6, 6.07) is 10.4. The second kappa shape index (κ2) is 8.57. The van der Waals surface area contributed by atoms with Crippen LogP contribution in [0, 0.1) is 6.92 Å². The summed E-state index contributed by atoms with van der Waals surface area (Å²) in [5.41, 5.74) is 2.54. The van der Waals surface area contributed by atoms with E-state index in [4.69, 9.17) is 16.3 Å². The van der Waals surface area contributed by atoms with Crippen LogP contribution in [-0.4, -0.2) is 44.9 Å². The molecule has 0 aromatic heterocycles. The van der Waals surface area contributed by atoms with Crippen LogP contribution in [-0.2, 0) is 21.2 Å². The predicted octanol–water partition coefficient (Wildman–Crippen LogP) is 3.79. The molecule has 0 atom stereocenters. The molecule has 0 saturated carbocycles. The molecule has 0 radical (unpaired) electrons. The van der Waals surface area contributed by atoms with Crippen molar-refractivity contribution in [2.75, 3.05) is 31.1 Å². The molecule has 0 aliphatic carbocycles. The molecule has 2 aliphatic rings. The molecule has 2 aromatic carbocycles. The van der Waals surface area contributed by atoms with Crippen LogP contribution >= 0.6 is 11.6 Å². The molecule has 8 heteroatoms. The van der Waals surface area contributed by atoms with Gasteiger partial charge in [0, 0.05) is 30.3 Å². The number of anilines is 1. The van der Waals surface area contributed by atoms with Crippen molar-refractivity contribution in [2.45, 2.75) is 37.5 Å². The first-order valence-electron chi connectivity index (χ1n) is 10.2. The van der Waals surface area contributed by atoms with Crippen LogP contribution in [0.5, 0.6) is 5.75 Å². The minimum Gasteiger partial charge on any atom is -0.484 e. The number of aryl methyl sites for hydroxylation is 2. The molecule has 1 fully saturated rings. The van der Waals surface area contributed by atoms with Crippen molar-refractivity contribution >= 4 is 33.2 Å². The molecule has 2 heterocycles. The minimum absolute atomic E-state index is 0.0889. The van der Waals surface area contributed by atoms with E-state index in [0.717, 1.165) is 42.5 Å². The first kappa shape index (κ1) is 21.2. The molecule has 1 amide bonds. The van der Waals surface area contributed by atoms with Gasteiger partial charge in [-0.1, -0.05) is 11.6 Å². The van der Waals surface area contributed by atoms with Crippen LogP contribution < -0.4 is 9.64 Å². The molecule has 0 unspecified atom stereocenters. The topological polar surface area (TPSA) is 66.9 Å². The Morgan fingerprint density at radius 1 is 1.07 bits per heavy atom. The second-order valence-corrected chi connectivity index (χ2v) is 10.1. The molecule has 4 rings (SSSR count). The number of ether oxygens (including phenoxy) is 1. The van der Waals surface area contributed by atoms with Gasteiger partial charge in [-0.15, -0.1) is 0 Å². The van der Waals surface area contributed by atoms with E-state index in [1.807, 2.05) is 6.92 Å². The Kier molecular flexibility index (Phi) is 6.04.